The summed E-state index contributed by atoms with van der Waals surface area (Å²) in [5, 5.41) is 18.5. The average molecular weight is 622 g/mol. The molecule has 3 heterocycles. The van der Waals surface area contributed by atoms with Gasteiger partial charge in [0.25, 0.3) is 0 Å². The Kier molecular flexibility index (Phi) is 8.34. The Hall–Kier alpha value is -6.16. The fourth-order valence-corrected chi connectivity index (χ4v) is 4.91. The van der Waals surface area contributed by atoms with Crippen LogP contribution in [-0.2, 0) is 26.1 Å². The van der Waals surface area contributed by atoms with Gasteiger partial charge in [-0.1, -0.05) is 6.07 Å². The number of imidazole rings is 2. The first kappa shape index (κ1) is 29.9. The Morgan fingerprint density at radius 2 is 1.91 bits per heavy atom. The summed E-state index contributed by atoms with van der Waals surface area (Å²) >= 11 is 0. The number of carboxylic acids is 1. The van der Waals surface area contributed by atoms with Crippen LogP contribution in [0.2, 0.25) is 0 Å². The number of ether oxygens (including phenoxy) is 2. The summed E-state index contributed by atoms with van der Waals surface area (Å²) in [4.78, 5) is 29.0. The van der Waals surface area contributed by atoms with Crippen LogP contribution in [0.15, 0.2) is 79.4 Å². The van der Waals surface area contributed by atoms with Crippen molar-refractivity contribution in [2.75, 3.05) is 0 Å². The van der Waals surface area contributed by atoms with E-state index in [2.05, 4.69) is 15.0 Å². The highest BCUT2D eigenvalue weighted by Crippen LogP contribution is 2.27. The Labute approximate surface area is 261 Å². The highest BCUT2D eigenvalue weighted by atomic mass is 19.1. The summed E-state index contributed by atoms with van der Waals surface area (Å²) in [5.74, 6) is -1.26. The van der Waals surface area contributed by atoms with Gasteiger partial charge in [-0.3, -0.25) is 0 Å². The summed E-state index contributed by atoms with van der Waals surface area (Å²) in [6.45, 7) is 2.89. The van der Waals surface area contributed by atoms with Gasteiger partial charge in [-0.2, -0.15) is 10.2 Å². The van der Waals surface area contributed by atoms with Gasteiger partial charge in [0.05, 0.1) is 46.8 Å². The highest BCUT2D eigenvalue weighted by Gasteiger charge is 2.18. The normalized spacial score (nSPS) is 11.0. The number of benzene rings is 3. The van der Waals surface area contributed by atoms with Gasteiger partial charge in [-0.25, -0.2) is 28.5 Å². The van der Waals surface area contributed by atoms with Crippen molar-refractivity contribution < 1.29 is 28.2 Å². The van der Waals surface area contributed by atoms with Crippen molar-refractivity contribution in [1.29, 1.82) is 5.26 Å². The van der Waals surface area contributed by atoms with Crippen molar-refractivity contribution in [3.8, 4) is 23.4 Å². The molecule has 0 radical (unpaired) electrons. The molecule has 0 fully saturated rings. The lowest BCUT2D eigenvalue weighted by molar-refractivity contribution is 0.0697. The van der Waals surface area contributed by atoms with Gasteiger partial charge in [-0.05, 0) is 55.0 Å². The molecule has 11 nitrogen and oxygen atoms in total. The van der Waals surface area contributed by atoms with Gasteiger partial charge in [0.2, 0.25) is 5.88 Å². The van der Waals surface area contributed by atoms with Crippen LogP contribution in [0, 0.1) is 23.0 Å². The zero-order chi connectivity index (χ0) is 32.2. The minimum absolute atomic E-state index is 0.0570. The van der Waals surface area contributed by atoms with Crippen molar-refractivity contribution in [2.45, 2.75) is 33.0 Å². The van der Waals surface area contributed by atoms with E-state index in [1.807, 2.05) is 22.1 Å². The van der Waals surface area contributed by atoms with Crippen LogP contribution in [0.4, 0.5) is 8.78 Å². The van der Waals surface area contributed by atoms with Gasteiger partial charge in [0.15, 0.2) is 17.4 Å². The number of carboxylic acid groups (broad SMARTS) is 1. The molecule has 0 bridgehead atoms. The van der Waals surface area contributed by atoms with Crippen molar-refractivity contribution in [1.82, 2.24) is 29.1 Å². The lowest BCUT2D eigenvalue weighted by Gasteiger charge is -2.12. The van der Waals surface area contributed by atoms with Gasteiger partial charge in [0, 0.05) is 37.5 Å². The predicted molar refractivity (Wildman–Crippen MR) is 160 cm³/mol. The Morgan fingerprint density at radius 3 is 2.67 bits per heavy atom. The third-order valence-electron chi connectivity index (χ3n) is 7.23. The number of aryl methyl sites for hydroxylation is 1. The number of rotatable bonds is 11. The summed E-state index contributed by atoms with van der Waals surface area (Å²) in [5.41, 5.74) is 2.75. The van der Waals surface area contributed by atoms with Crippen LogP contribution in [0.25, 0.3) is 11.0 Å². The summed E-state index contributed by atoms with van der Waals surface area (Å²) in [6.07, 6.45) is 5.02. The second-order valence-electron chi connectivity index (χ2n) is 10.2. The first-order chi connectivity index (χ1) is 22.3. The van der Waals surface area contributed by atoms with Crippen LogP contribution in [-0.4, -0.2) is 40.1 Å². The number of halogens is 2. The second kappa shape index (κ2) is 12.8. The fraction of sp³-hybridized carbons (Fsp3) is 0.152. The summed E-state index contributed by atoms with van der Waals surface area (Å²) < 4.78 is 44.7. The van der Waals surface area contributed by atoms with E-state index in [1.165, 1.54) is 36.5 Å². The molecule has 3 aromatic heterocycles. The number of aromatic nitrogens is 6. The van der Waals surface area contributed by atoms with Gasteiger partial charge in [-0.15, -0.1) is 0 Å². The van der Waals surface area contributed by atoms with E-state index in [9.17, 15) is 14.3 Å². The van der Waals surface area contributed by atoms with E-state index in [0.717, 1.165) is 11.8 Å². The maximum absolute atomic E-state index is 15.5. The van der Waals surface area contributed by atoms with Gasteiger partial charge >= 0.3 is 5.97 Å². The molecule has 0 saturated carbocycles. The van der Waals surface area contributed by atoms with Crippen molar-refractivity contribution in [2.24, 2.45) is 0 Å². The molecule has 0 spiro atoms. The Bertz CT molecular complexity index is 2120. The second-order valence-corrected chi connectivity index (χ2v) is 10.2. The highest BCUT2D eigenvalue weighted by molar-refractivity contribution is 5.92. The molecule has 230 valence electrons. The molecular weight excluding hydrogens is 596 g/mol. The van der Waals surface area contributed by atoms with E-state index < -0.39 is 17.6 Å². The molecule has 6 aromatic rings. The van der Waals surface area contributed by atoms with E-state index in [-0.39, 0.29) is 47.4 Å². The number of fused-ring (bicyclic) bond motifs is 1. The van der Waals surface area contributed by atoms with Crippen molar-refractivity contribution in [3.05, 3.63) is 125 Å². The molecule has 0 atom stereocenters. The molecule has 0 aliphatic carbocycles. The lowest BCUT2D eigenvalue weighted by Crippen LogP contribution is -2.10. The van der Waals surface area contributed by atoms with E-state index in [4.69, 9.17) is 19.7 Å². The average Bonchev–Trinajstić information content (AvgIpc) is 3.65. The quantitative estimate of drug-likeness (QED) is 0.187. The monoisotopic (exact) mass is 621 g/mol. The van der Waals surface area contributed by atoms with E-state index in [0.29, 0.717) is 35.5 Å². The standard InChI is InChI=1S/C33H25F2N7O4/c1-2-41-19-37-16-23(41)17-42-28-12-22(33(43)44)5-7-27(28)39-31(42)13-21-4-6-24(14-25(21)34)46-32-9-10-38-30(40-32)18-45-29-8-3-20(15-36)11-26(29)35/h3-12,14,16,19H,2,13,17-18H2,1H3,(H,43,44). The van der Waals surface area contributed by atoms with Crippen LogP contribution in [0.3, 0.4) is 0 Å². The number of hydrogen-bond acceptors (Lipinski definition) is 8. The summed E-state index contributed by atoms with van der Waals surface area (Å²) in [6, 6.07) is 16.3. The number of aromatic carboxylic acids is 1. The molecule has 6 rings (SSSR count). The van der Waals surface area contributed by atoms with E-state index >= 15 is 4.39 Å². The number of nitriles is 1. The van der Waals surface area contributed by atoms with Crippen molar-refractivity contribution in [3.63, 3.8) is 0 Å². The maximum Gasteiger partial charge on any atom is 0.335 e. The first-order valence-corrected chi connectivity index (χ1v) is 14.1. The Balaban J connectivity index is 1.21. The molecular formula is C33H25F2N7O4. The minimum Gasteiger partial charge on any atom is -0.483 e. The molecule has 0 saturated heterocycles. The van der Waals surface area contributed by atoms with Gasteiger partial charge < -0.3 is 23.7 Å². The summed E-state index contributed by atoms with van der Waals surface area (Å²) in [7, 11) is 0. The van der Waals surface area contributed by atoms with Crippen LogP contribution >= 0.6 is 0 Å². The molecule has 46 heavy (non-hydrogen) atoms. The third kappa shape index (κ3) is 6.36. The van der Waals surface area contributed by atoms with Crippen LogP contribution in [0.1, 0.15) is 45.8 Å². The smallest absolute Gasteiger partial charge is 0.335 e. The fourth-order valence-electron chi connectivity index (χ4n) is 4.91. The SMILES string of the molecule is CCn1cncc1Cn1c(Cc2ccc(Oc3ccnc(COc4ccc(C#N)cc4F)n3)cc2F)nc2ccc(C(=O)O)cc21. The van der Waals surface area contributed by atoms with Crippen LogP contribution < -0.4 is 9.47 Å². The van der Waals surface area contributed by atoms with Gasteiger partial charge in [0.1, 0.15) is 24.0 Å². The molecule has 13 heteroatoms. The molecule has 0 aliphatic rings. The first-order valence-electron chi connectivity index (χ1n) is 14.1. The zero-order valence-electron chi connectivity index (χ0n) is 24.4. The molecule has 0 amide bonds. The number of carbonyl (C=O) groups is 1. The minimum atomic E-state index is -1.06. The van der Waals surface area contributed by atoms with Crippen molar-refractivity contribution >= 4 is 17.0 Å². The molecule has 1 N–H and O–H groups in total. The molecule has 3 aromatic carbocycles. The number of nitrogens with zero attached hydrogens (tertiary/aromatic N) is 7. The molecule has 0 aliphatic heterocycles. The maximum atomic E-state index is 15.5. The molecule has 0 unspecified atom stereocenters. The third-order valence-corrected chi connectivity index (χ3v) is 7.23. The topological polar surface area (TPSA) is 141 Å². The predicted octanol–water partition coefficient (Wildman–Crippen LogP) is 5.90. The van der Waals surface area contributed by atoms with Crippen LogP contribution in [0.5, 0.6) is 17.4 Å². The lowest BCUT2D eigenvalue weighted by atomic mass is 10.1. The zero-order valence-corrected chi connectivity index (χ0v) is 24.4. The largest absolute Gasteiger partial charge is 0.483 e. The number of hydrogen-bond donors (Lipinski definition) is 1. The Morgan fingerprint density at radius 1 is 1.04 bits per heavy atom. The van der Waals surface area contributed by atoms with E-state index in [1.54, 1.807) is 36.8 Å².